The first-order valence-electron chi connectivity index (χ1n) is 9.05. The maximum atomic E-state index is 12.3. The summed E-state index contributed by atoms with van der Waals surface area (Å²) in [4.78, 5) is 29.7. The lowest BCUT2D eigenvalue weighted by atomic mass is 10.1. The topological polar surface area (TPSA) is 97.6 Å². The van der Waals surface area contributed by atoms with Crippen LogP contribution in [0.25, 0.3) is 11.3 Å². The van der Waals surface area contributed by atoms with E-state index in [0.29, 0.717) is 19.7 Å². The van der Waals surface area contributed by atoms with E-state index in [1.807, 2.05) is 32.0 Å². The van der Waals surface area contributed by atoms with Gasteiger partial charge in [0.2, 0.25) is 11.8 Å². The van der Waals surface area contributed by atoms with Crippen LogP contribution in [0, 0.1) is 6.92 Å². The summed E-state index contributed by atoms with van der Waals surface area (Å²) in [5, 5.41) is 6.58. The Labute approximate surface area is 157 Å². The number of pyridine rings is 1. The summed E-state index contributed by atoms with van der Waals surface area (Å²) < 4.78 is 11.2. The van der Waals surface area contributed by atoms with Crippen molar-refractivity contribution in [2.24, 2.45) is 0 Å². The van der Waals surface area contributed by atoms with Gasteiger partial charge in [0.15, 0.2) is 0 Å². The maximum absolute atomic E-state index is 12.3. The number of morpholine rings is 1. The van der Waals surface area contributed by atoms with Crippen molar-refractivity contribution in [3.05, 3.63) is 35.3 Å². The molecule has 0 aliphatic carbocycles. The van der Waals surface area contributed by atoms with Gasteiger partial charge in [-0.05, 0) is 19.1 Å². The van der Waals surface area contributed by atoms with Gasteiger partial charge in [-0.15, -0.1) is 0 Å². The van der Waals surface area contributed by atoms with Crippen molar-refractivity contribution in [3.8, 4) is 11.3 Å². The molecule has 27 heavy (non-hydrogen) atoms. The summed E-state index contributed by atoms with van der Waals surface area (Å²) >= 11 is 0. The molecule has 1 N–H and O–H groups in total. The molecule has 0 radical (unpaired) electrons. The Balaban J connectivity index is 1.77. The molecule has 1 aliphatic rings. The minimum absolute atomic E-state index is 0.00470. The Morgan fingerprint density at radius 1 is 1.37 bits per heavy atom. The van der Waals surface area contributed by atoms with Crippen LogP contribution < -0.4 is 5.32 Å². The van der Waals surface area contributed by atoms with E-state index in [4.69, 9.17) is 14.2 Å². The number of hydrogen-bond donors (Lipinski definition) is 1. The zero-order chi connectivity index (χ0) is 19.4. The Morgan fingerprint density at radius 3 is 2.93 bits per heavy atom. The molecule has 3 heterocycles. The predicted molar refractivity (Wildman–Crippen MR) is 97.8 cm³/mol. The lowest BCUT2D eigenvalue weighted by Crippen LogP contribution is -2.46. The van der Waals surface area contributed by atoms with Crippen LogP contribution >= 0.6 is 0 Å². The van der Waals surface area contributed by atoms with Crippen molar-refractivity contribution in [1.82, 2.24) is 20.4 Å². The minimum atomic E-state index is -0.315. The lowest BCUT2D eigenvalue weighted by molar-refractivity contribution is -0.139. The van der Waals surface area contributed by atoms with Crippen LogP contribution in [-0.4, -0.2) is 53.1 Å². The number of rotatable bonds is 5. The van der Waals surface area contributed by atoms with Crippen LogP contribution in [0.3, 0.4) is 0 Å². The third-order valence-corrected chi connectivity index (χ3v) is 4.52. The summed E-state index contributed by atoms with van der Waals surface area (Å²) in [7, 11) is 0. The highest BCUT2D eigenvalue weighted by atomic mass is 16.5. The lowest BCUT2D eigenvalue weighted by Gasteiger charge is -2.32. The molecule has 144 valence electrons. The van der Waals surface area contributed by atoms with Gasteiger partial charge in [-0.3, -0.25) is 9.59 Å². The summed E-state index contributed by atoms with van der Waals surface area (Å²) in [6.07, 6.45) is 0.415. The number of nitrogens with zero attached hydrogens (tertiary/aromatic N) is 3. The molecule has 3 rings (SSSR count). The quantitative estimate of drug-likeness (QED) is 0.857. The number of hydrogen-bond acceptors (Lipinski definition) is 6. The molecule has 8 heteroatoms. The first-order valence-corrected chi connectivity index (χ1v) is 9.05. The SMILES string of the molecule is CCc1onc(C)c1-c1cccc([C@H]2CN(C(=O)CNC(C)=O)CCO2)n1. The van der Waals surface area contributed by atoms with E-state index in [9.17, 15) is 9.59 Å². The molecule has 0 saturated carbocycles. The summed E-state index contributed by atoms with van der Waals surface area (Å²) in [6, 6.07) is 5.74. The fourth-order valence-electron chi connectivity index (χ4n) is 3.12. The number of carbonyl (C=O) groups excluding carboxylic acids is 2. The van der Waals surface area contributed by atoms with E-state index >= 15 is 0 Å². The molecule has 2 aromatic rings. The van der Waals surface area contributed by atoms with Gasteiger partial charge < -0.3 is 19.5 Å². The fraction of sp³-hybridized carbons (Fsp3) is 0.474. The summed E-state index contributed by atoms with van der Waals surface area (Å²) in [5.74, 6) is 0.449. The molecule has 0 bridgehead atoms. The van der Waals surface area contributed by atoms with Gasteiger partial charge >= 0.3 is 0 Å². The van der Waals surface area contributed by atoms with E-state index in [-0.39, 0.29) is 24.5 Å². The first-order chi connectivity index (χ1) is 13.0. The Morgan fingerprint density at radius 2 is 2.19 bits per heavy atom. The highest BCUT2D eigenvalue weighted by Gasteiger charge is 2.27. The van der Waals surface area contributed by atoms with Gasteiger partial charge in [-0.2, -0.15) is 0 Å². The molecule has 0 spiro atoms. The minimum Gasteiger partial charge on any atom is -0.368 e. The van der Waals surface area contributed by atoms with Gasteiger partial charge in [0, 0.05) is 19.9 Å². The number of carbonyl (C=O) groups is 2. The molecule has 1 aliphatic heterocycles. The maximum Gasteiger partial charge on any atom is 0.242 e. The van der Waals surface area contributed by atoms with Crippen molar-refractivity contribution in [2.45, 2.75) is 33.3 Å². The molecule has 0 unspecified atom stereocenters. The number of amides is 2. The molecular weight excluding hydrogens is 348 g/mol. The standard InChI is InChI=1S/C19H24N4O4/c1-4-16-19(12(2)22-27-16)15-7-5-6-14(21-15)17-11-23(8-9-26-17)18(25)10-20-13(3)24/h5-7,17H,4,8-11H2,1-3H3,(H,20,24)/t17-/m1/s1. The number of aryl methyl sites for hydroxylation is 2. The fourth-order valence-corrected chi connectivity index (χ4v) is 3.12. The van der Waals surface area contributed by atoms with Crippen molar-refractivity contribution in [3.63, 3.8) is 0 Å². The monoisotopic (exact) mass is 372 g/mol. The van der Waals surface area contributed by atoms with E-state index in [0.717, 1.165) is 34.8 Å². The average molecular weight is 372 g/mol. The third kappa shape index (κ3) is 4.33. The zero-order valence-corrected chi connectivity index (χ0v) is 15.8. The molecule has 0 aromatic carbocycles. The average Bonchev–Trinajstić information content (AvgIpc) is 3.07. The van der Waals surface area contributed by atoms with Crippen LogP contribution in [0.5, 0.6) is 0 Å². The second-order valence-corrected chi connectivity index (χ2v) is 6.48. The van der Waals surface area contributed by atoms with Gasteiger partial charge in [0.1, 0.15) is 11.9 Å². The van der Waals surface area contributed by atoms with E-state index in [1.54, 1.807) is 4.90 Å². The third-order valence-electron chi connectivity index (χ3n) is 4.52. The molecule has 1 fully saturated rings. The van der Waals surface area contributed by atoms with Crippen LogP contribution in [0.2, 0.25) is 0 Å². The second kappa shape index (κ2) is 8.30. The van der Waals surface area contributed by atoms with Crippen LogP contribution in [0.1, 0.15) is 37.1 Å². The Bertz CT molecular complexity index is 833. The van der Waals surface area contributed by atoms with Crippen molar-refractivity contribution in [1.29, 1.82) is 0 Å². The van der Waals surface area contributed by atoms with Crippen LogP contribution in [0.15, 0.2) is 22.7 Å². The summed E-state index contributed by atoms with van der Waals surface area (Å²) in [6.45, 7) is 6.62. The van der Waals surface area contributed by atoms with Crippen molar-refractivity contribution < 1.29 is 18.8 Å². The van der Waals surface area contributed by atoms with E-state index in [1.165, 1.54) is 6.92 Å². The highest BCUT2D eigenvalue weighted by molar-refractivity contribution is 5.83. The second-order valence-electron chi connectivity index (χ2n) is 6.48. The van der Waals surface area contributed by atoms with E-state index < -0.39 is 0 Å². The number of nitrogens with one attached hydrogen (secondary N) is 1. The molecule has 8 nitrogen and oxygen atoms in total. The highest BCUT2D eigenvalue weighted by Crippen LogP contribution is 2.28. The van der Waals surface area contributed by atoms with E-state index in [2.05, 4.69) is 10.5 Å². The van der Waals surface area contributed by atoms with Crippen molar-refractivity contribution >= 4 is 11.8 Å². The summed E-state index contributed by atoms with van der Waals surface area (Å²) in [5.41, 5.74) is 3.25. The number of ether oxygens (including phenoxy) is 1. The predicted octanol–water partition coefficient (Wildman–Crippen LogP) is 1.64. The Hall–Kier alpha value is -2.74. The number of aromatic nitrogens is 2. The van der Waals surface area contributed by atoms with Gasteiger partial charge in [0.25, 0.3) is 0 Å². The van der Waals surface area contributed by atoms with Crippen molar-refractivity contribution in [2.75, 3.05) is 26.2 Å². The van der Waals surface area contributed by atoms with Crippen LogP contribution in [-0.2, 0) is 20.7 Å². The van der Waals surface area contributed by atoms with Gasteiger partial charge in [-0.1, -0.05) is 18.1 Å². The molecule has 1 atom stereocenters. The molecule has 1 saturated heterocycles. The Kier molecular flexibility index (Phi) is 5.85. The van der Waals surface area contributed by atoms with Gasteiger partial charge in [-0.25, -0.2) is 4.98 Å². The largest absolute Gasteiger partial charge is 0.368 e. The molecular formula is C19H24N4O4. The van der Waals surface area contributed by atoms with Gasteiger partial charge in [0.05, 0.1) is 42.3 Å². The molecule has 2 amide bonds. The normalized spacial score (nSPS) is 17.0. The first kappa shape index (κ1) is 19.0. The zero-order valence-electron chi connectivity index (χ0n) is 15.8. The molecule has 2 aromatic heterocycles. The van der Waals surface area contributed by atoms with Crippen LogP contribution in [0.4, 0.5) is 0 Å². The smallest absolute Gasteiger partial charge is 0.242 e.